The van der Waals surface area contributed by atoms with Crippen LogP contribution in [0, 0.1) is 12.8 Å². The summed E-state index contributed by atoms with van der Waals surface area (Å²) in [6.45, 7) is 1.48. The molecule has 1 saturated carbocycles. The second-order valence-electron chi connectivity index (χ2n) is 5.39. The summed E-state index contributed by atoms with van der Waals surface area (Å²) in [5.41, 5.74) is 5.46. The van der Waals surface area contributed by atoms with Crippen LogP contribution >= 0.6 is 0 Å². The quantitative estimate of drug-likeness (QED) is 0.755. The van der Waals surface area contributed by atoms with E-state index in [2.05, 4.69) is 10.9 Å². The van der Waals surface area contributed by atoms with E-state index in [4.69, 9.17) is 0 Å². The minimum absolute atomic E-state index is 0.0330. The van der Waals surface area contributed by atoms with Gasteiger partial charge in [-0.3, -0.25) is 20.4 Å². The Hall–Kier alpha value is -1.93. The molecule has 1 aromatic carbocycles. The van der Waals surface area contributed by atoms with Gasteiger partial charge in [-0.15, -0.1) is 0 Å². The molecule has 2 N–H and O–H groups in total. The molecule has 120 valence electrons. The molecule has 0 aliphatic heterocycles. The number of carbonyl (C=O) groups excluding carboxylic acids is 2. The highest BCUT2D eigenvalue weighted by Crippen LogP contribution is 2.28. The third kappa shape index (κ3) is 4.05. The maximum absolute atomic E-state index is 12.3. The minimum Gasteiger partial charge on any atom is -0.273 e. The zero-order chi connectivity index (χ0) is 16.3. The molecule has 0 atom stereocenters. The first-order valence-electron chi connectivity index (χ1n) is 6.92. The van der Waals surface area contributed by atoms with Gasteiger partial charge in [-0.2, -0.15) is 4.31 Å². The summed E-state index contributed by atoms with van der Waals surface area (Å²) in [5.74, 6) is -0.862. The Morgan fingerprint density at radius 3 is 2.32 bits per heavy atom. The molecule has 1 aliphatic carbocycles. The molecule has 7 nitrogen and oxygen atoms in total. The van der Waals surface area contributed by atoms with Crippen LogP contribution in [-0.4, -0.2) is 38.1 Å². The third-order valence-corrected chi connectivity index (χ3v) is 5.19. The Morgan fingerprint density at radius 2 is 1.77 bits per heavy atom. The first kappa shape index (κ1) is 16.4. The fourth-order valence-electron chi connectivity index (χ4n) is 1.80. The predicted molar refractivity (Wildman–Crippen MR) is 80.0 cm³/mol. The highest BCUT2D eigenvalue weighted by molar-refractivity contribution is 7.89. The topological polar surface area (TPSA) is 95.6 Å². The normalized spacial score (nSPS) is 14.7. The maximum Gasteiger partial charge on any atom is 0.253 e. The number of rotatable bonds is 5. The van der Waals surface area contributed by atoms with Gasteiger partial charge in [-0.05, 0) is 31.9 Å². The van der Waals surface area contributed by atoms with Crippen molar-refractivity contribution >= 4 is 21.8 Å². The van der Waals surface area contributed by atoms with Crippen molar-refractivity contribution in [2.45, 2.75) is 24.7 Å². The van der Waals surface area contributed by atoms with Crippen LogP contribution in [0.2, 0.25) is 0 Å². The number of nitrogens with zero attached hydrogens (tertiary/aromatic N) is 1. The van der Waals surface area contributed by atoms with Gasteiger partial charge in [-0.1, -0.05) is 17.7 Å². The first-order chi connectivity index (χ1) is 10.3. The lowest BCUT2D eigenvalue weighted by Crippen LogP contribution is -2.47. The van der Waals surface area contributed by atoms with Crippen molar-refractivity contribution in [1.82, 2.24) is 15.2 Å². The zero-order valence-electron chi connectivity index (χ0n) is 12.5. The van der Waals surface area contributed by atoms with Crippen LogP contribution < -0.4 is 10.9 Å². The van der Waals surface area contributed by atoms with Crippen molar-refractivity contribution in [3.63, 3.8) is 0 Å². The molecule has 0 unspecified atom stereocenters. The molecule has 0 aromatic heterocycles. The first-order valence-corrected chi connectivity index (χ1v) is 8.36. The number of amides is 2. The van der Waals surface area contributed by atoms with Crippen molar-refractivity contribution in [3.05, 3.63) is 29.8 Å². The van der Waals surface area contributed by atoms with Gasteiger partial charge >= 0.3 is 0 Å². The standard InChI is InChI=1S/C14H19N3O4S/c1-10-3-7-12(8-4-10)22(20,21)17(2)9-13(18)15-16-14(19)11-5-6-11/h3-4,7-8,11H,5-6,9H2,1-2H3,(H,15,18)(H,16,19). The Balaban J connectivity index is 1.92. The summed E-state index contributed by atoms with van der Waals surface area (Å²) in [7, 11) is -2.42. The van der Waals surface area contributed by atoms with Gasteiger partial charge in [0.2, 0.25) is 15.9 Å². The second kappa shape index (κ2) is 6.45. The Labute approximate surface area is 129 Å². The Morgan fingerprint density at radius 1 is 1.18 bits per heavy atom. The molecule has 22 heavy (non-hydrogen) atoms. The molecule has 1 aliphatic rings. The lowest BCUT2D eigenvalue weighted by molar-refractivity contribution is -0.129. The van der Waals surface area contributed by atoms with Gasteiger partial charge < -0.3 is 0 Å². The van der Waals surface area contributed by atoms with Gasteiger partial charge in [0.1, 0.15) is 0 Å². The van der Waals surface area contributed by atoms with E-state index in [1.807, 2.05) is 6.92 Å². The fourth-order valence-corrected chi connectivity index (χ4v) is 2.92. The third-order valence-electron chi connectivity index (χ3n) is 3.37. The highest BCUT2D eigenvalue weighted by Gasteiger charge is 2.30. The number of hydrogen-bond donors (Lipinski definition) is 2. The smallest absolute Gasteiger partial charge is 0.253 e. The summed E-state index contributed by atoms with van der Waals surface area (Å²) in [6, 6.07) is 6.37. The summed E-state index contributed by atoms with van der Waals surface area (Å²) >= 11 is 0. The van der Waals surface area contributed by atoms with Crippen LogP contribution in [0.15, 0.2) is 29.2 Å². The number of nitrogens with one attached hydrogen (secondary N) is 2. The van der Waals surface area contributed by atoms with E-state index in [0.717, 1.165) is 22.7 Å². The second-order valence-corrected chi connectivity index (χ2v) is 7.43. The van der Waals surface area contributed by atoms with Gasteiger partial charge in [0.25, 0.3) is 5.91 Å². The zero-order valence-corrected chi connectivity index (χ0v) is 13.3. The van der Waals surface area contributed by atoms with E-state index in [1.54, 1.807) is 12.1 Å². The van der Waals surface area contributed by atoms with E-state index in [-0.39, 0.29) is 23.3 Å². The SMILES string of the molecule is Cc1ccc(S(=O)(=O)N(C)CC(=O)NNC(=O)C2CC2)cc1. The molecule has 2 rings (SSSR count). The number of carbonyl (C=O) groups is 2. The van der Waals surface area contributed by atoms with Crippen molar-refractivity contribution in [2.75, 3.05) is 13.6 Å². The molecule has 0 bridgehead atoms. The largest absolute Gasteiger partial charge is 0.273 e. The lowest BCUT2D eigenvalue weighted by atomic mass is 10.2. The van der Waals surface area contributed by atoms with Gasteiger partial charge in [0, 0.05) is 13.0 Å². The number of likely N-dealkylation sites (N-methyl/N-ethyl adjacent to an activating group) is 1. The van der Waals surface area contributed by atoms with Gasteiger partial charge in [0.15, 0.2) is 0 Å². The molecule has 1 fully saturated rings. The average molecular weight is 325 g/mol. The van der Waals surface area contributed by atoms with Crippen molar-refractivity contribution in [3.8, 4) is 0 Å². The Kier molecular flexibility index (Phi) is 4.82. The van der Waals surface area contributed by atoms with E-state index in [0.29, 0.717) is 0 Å². The molecule has 0 spiro atoms. The molecular formula is C14H19N3O4S. The number of hydrazine groups is 1. The monoisotopic (exact) mass is 325 g/mol. The number of benzene rings is 1. The minimum atomic E-state index is -3.73. The summed E-state index contributed by atoms with van der Waals surface area (Å²) in [5, 5.41) is 0. The van der Waals surface area contributed by atoms with E-state index in [1.165, 1.54) is 19.2 Å². The van der Waals surface area contributed by atoms with E-state index in [9.17, 15) is 18.0 Å². The fraction of sp³-hybridized carbons (Fsp3) is 0.429. The summed E-state index contributed by atoms with van der Waals surface area (Å²) < 4.78 is 25.5. The molecule has 1 aromatic rings. The maximum atomic E-state index is 12.3. The van der Waals surface area contributed by atoms with E-state index >= 15 is 0 Å². The van der Waals surface area contributed by atoms with Crippen LogP contribution in [0.3, 0.4) is 0 Å². The summed E-state index contributed by atoms with van der Waals surface area (Å²) in [4.78, 5) is 23.2. The molecule has 2 amide bonds. The van der Waals surface area contributed by atoms with E-state index < -0.39 is 15.9 Å². The molecule has 0 heterocycles. The average Bonchev–Trinajstić information content (AvgIpc) is 3.29. The Bertz CT molecular complexity index is 666. The number of sulfonamides is 1. The van der Waals surface area contributed by atoms with Crippen LogP contribution in [0.25, 0.3) is 0 Å². The highest BCUT2D eigenvalue weighted by atomic mass is 32.2. The molecule has 0 radical (unpaired) electrons. The van der Waals surface area contributed by atoms with Crippen LogP contribution in [0.5, 0.6) is 0 Å². The molecule has 8 heteroatoms. The van der Waals surface area contributed by atoms with Crippen molar-refractivity contribution in [1.29, 1.82) is 0 Å². The van der Waals surface area contributed by atoms with Crippen LogP contribution in [0.1, 0.15) is 18.4 Å². The van der Waals surface area contributed by atoms with Crippen molar-refractivity contribution < 1.29 is 18.0 Å². The van der Waals surface area contributed by atoms with Crippen LogP contribution in [0.4, 0.5) is 0 Å². The number of hydrogen-bond acceptors (Lipinski definition) is 4. The molecular weight excluding hydrogens is 306 g/mol. The van der Waals surface area contributed by atoms with Crippen molar-refractivity contribution in [2.24, 2.45) is 5.92 Å². The summed E-state index contributed by atoms with van der Waals surface area (Å²) in [6.07, 6.45) is 1.65. The number of aryl methyl sites for hydroxylation is 1. The molecule has 0 saturated heterocycles. The lowest BCUT2D eigenvalue weighted by Gasteiger charge is -2.17. The van der Waals surface area contributed by atoms with Crippen LogP contribution in [-0.2, 0) is 19.6 Å². The van der Waals surface area contributed by atoms with Gasteiger partial charge in [-0.25, -0.2) is 8.42 Å². The predicted octanol–water partition coefficient (Wildman–Crippen LogP) is 0.173. The van der Waals surface area contributed by atoms with Gasteiger partial charge in [0.05, 0.1) is 11.4 Å².